The molecule has 1 aliphatic carbocycles. The van der Waals surface area contributed by atoms with Crippen LogP contribution in [0.4, 0.5) is 5.69 Å². The van der Waals surface area contributed by atoms with Gasteiger partial charge in [0.05, 0.1) is 13.2 Å². The third-order valence-electron chi connectivity index (χ3n) is 9.35. The first-order valence-electron chi connectivity index (χ1n) is 17.6. The molecule has 9 nitrogen and oxygen atoms in total. The Hall–Kier alpha value is -5.28. The highest BCUT2D eigenvalue weighted by Gasteiger charge is 2.25. The van der Waals surface area contributed by atoms with Gasteiger partial charge in [0, 0.05) is 25.6 Å². The van der Waals surface area contributed by atoms with Crippen LogP contribution in [0.5, 0.6) is 17.2 Å². The topological polar surface area (TPSA) is 147 Å². The van der Waals surface area contributed by atoms with Crippen LogP contribution in [-0.4, -0.2) is 47.3 Å². The number of aliphatic imine (C=N–C) groups is 1. The van der Waals surface area contributed by atoms with Gasteiger partial charge in [-0.25, -0.2) is 0 Å². The van der Waals surface area contributed by atoms with E-state index in [-0.39, 0.29) is 35.5 Å². The van der Waals surface area contributed by atoms with Crippen molar-refractivity contribution in [1.82, 2.24) is 0 Å². The predicted molar refractivity (Wildman–Crippen MR) is 204 cm³/mol. The van der Waals surface area contributed by atoms with Crippen molar-refractivity contribution in [2.24, 2.45) is 22.6 Å². The summed E-state index contributed by atoms with van der Waals surface area (Å²) in [5.41, 5.74) is 9.84. The van der Waals surface area contributed by atoms with Crippen molar-refractivity contribution in [2.75, 3.05) is 19.5 Å². The van der Waals surface area contributed by atoms with Gasteiger partial charge in [-0.2, -0.15) is 0 Å². The van der Waals surface area contributed by atoms with E-state index in [9.17, 15) is 20.1 Å². The monoisotopic (exact) mass is 691 g/mol. The number of nitrogens with zero attached hydrogens (tertiary/aromatic N) is 1. The van der Waals surface area contributed by atoms with Crippen LogP contribution < -0.4 is 20.5 Å². The number of nitrogens with two attached hydrogens (primary N) is 1. The van der Waals surface area contributed by atoms with E-state index in [0.29, 0.717) is 43.3 Å². The number of aromatic hydroxyl groups is 1. The van der Waals surface area contributed by atoms with Crippen molar-refractivity contribution in [3.8, 4) is 17.2 Å². The van der Waals surface area contributed by atoms with Crippen LogP contribution in [0, 0.1) is 11.8 Å². The van der Waals surface area contributed by atoms with Crippen LogP contribution in [0.15, 0.2) is 108 Å². The molecule has 1 aliphatic rings. The van der Waals surface area contributed by atoms with Gasteiger partial charge in [0.2, 0.25) is 0 Å². The minimum atomic E-state index is -0.796. The first-order valence-corrected chi connectivity index (χ1v) is 17.6. The minimum Gasteiger partial charge on any atom is -0.508 e. The van der Waals surface area contributed by atoms with E-state index in [2.05, 4.69) is 22.4 Å². The molecule has 0 radical (unpaired) electrons. The number of carbonyl (C=O) groups excluding carboxylic acids is 1. The molecule has 0 saturated carbocycles. The summed E-state index contributed by atoms with van der Waals surface area (Å²) in [4.78, 5) is 16.9. The van der Waals surface area contributed by atoms with Crippen molar-refractivity contribution in [3.63, 3.8) is 0 Å². The van der Waals surface area contributed by atoms with Gasteiger partial charge in [0.1, 0.15) is 23.9 Å². The molecule has 0 heterocycles. The number of aryl methyl sites for hydroxylation is 2. The van der Waals surface area contributed by atoms with Crippen LogP contribution in [0.1, 0.15) is 55.2 Å². The predicted octanol–water partition coefficient (Wildman–Crippen LogP) is 7.79. The number of unbranched alkanes of at least 4 members (excludes halogenated alkanes) is 1. The minimum absolute atomic E-state index is 0.0113. The highest BCUT2D eigenvalue weighted by Crippen LogP contribution is 2.32. The number of methoxy groups -OCH3 is 1. The molecule has 0 amide bonds. The van der Waals surface area contributed by atoms with E-state index in [1.165, 1.54) is 5.56 Å². The van der Waals surface area contributed by atoms with E-state index in [1.54, 1.807) is 32.4 Å². The van der Waals surface area contributed by atoms with Gasteiger partial charge >= 0.3 is 0 Å². The number of fused-ring (bicyclic) bond motifs is 1. The summed E-state index contributed by atoms with van der Waals surface area (Å²) < 4.78 is 11.7. The SMILES string of the molecule is CN=C(N)Nc1cccc(CCCCC2C=CC(O)=CC2CC(O)CC(=O)CCc2ccc(OC)c(OCc3ccc4cc(O)ccc4c3)c2)c1. The van der Waals surface area contributed by atoms with Gasteiger partial charge < -0.3 is 35.8 Å². The number of ether oxygens (including phenoxy) is 2. The number of hydrogen-bond donors (Lipinski definition) is 5. The number of allylic oxidation sites excluding steroid dienone is 3. The molecule has 0 aromatic heterocycles. The molecule has 0 saturated heterocycles. The van der Waals surface area contributed by atoms with Crippen molar-refractivity contribution in [1.29, 1.82) is 0 Å². The molecule has 3 unspecified atom stereocenters. The molecule has 0 bridgehead atoms. The molecule has 5 rings (SSSR count). The summed E-state index contributed by atoms with van der Waals surface area (Å²) in [6.45, 7) is 0.333. The van der Waals surface area contributed by atoms with E-state index in [0.717, 1.165) is 53.3 Å². The van der Waals surface area contributed by atoms with Gasteiger partial charge in [-0.1, -0.05) is 48.9 Å². The Labute approximate surface area is 300 Å². The summed E-state index contributed by atoms with van der Waals surface area (Å²) >= 11 is 0. The van der Waals surface area contributed by atoms with Crippen molar-refractivity contribution in [2.45, 2.75) is 64.1 Å². The summed E-state index contributed by atoms with van der Waals surface area (Å²) in [5, 5.41) is 35.9. The fraction of sp³-hybridized carbons (Fsp3) is 0.333. The third-order valence-corrected chi connectivity index (χ3v) is 9.35. The zero-order valence-corrected chi connectivity index (χ0v) is 29.4. The van der Waals surface area contributed by atoms with Crippen molar-refractivity contribution < 1.29 is 29.6 Å². The molecule has 4 aromatic rings. The summed E-state index contributed by atoms with van der Waals surface area (Å²) in [7, 11) is 3.24. The molecule has 3 atom stereocenters. The number of ketones is 1. The maximum Gasteiger partial charge on any atom is 0.192 e. The molecule has 0 aliphatic heterocycles. The standard InChI is InChI=1S/C42H49N3O6/c1-44-42(43)45-35-9-5-7-28(21-35)6-3-4-8-31-14-17-37(47)24-34(31)25-39(49)26-38(48)16-11-29-12-19-40(50-2)41(22-29)51-27-30-10-13-33-23-36(46)18-15-32(33)20-30/h5,7,9-10,12-15,17-24,31,34,39,46-47,49H,3-4,6,8,11,16,25-27H2,1-2H3,(H3,43,44,45). The second-order valence-electron chi connectivity index (χ2n) is 13.2. The highest BCUT2D eigenvalue weighted by molar-refractivity contribution is 5.92. The molecule has 51 heavy (non-hydrogen) atoms. The van der Waals surface area contributed by atoms with Crippen LogP contribution in [-0.2, 0) is 24.2 Å². The second-order valence-corrected chi connectivity index (χ2v) is 13.2. The van der Waals surface area contributed by atoms with E-state index in [4.69, 9.17) is 15.2 Å². The van der Waals surface area contributed by atoms with Crippen LogP contribution in [0.25, 0.3) is 10.8 Å². The maximum atomic E-state index is 13.0. The fourth-order valence-electron chi connectivity index (χ4n) is 6.60. The average Bonchev–Trinajstić information content (AvgIpc) is 3.12. The Bertz CT molecular complexity index is 1880. The maximum absolute atomic E-state index is 13.0. The average molecular weight is 692 g/mol. The molecular formula is C42H49N3O6. The quantitative estimate of drug-likeness (QED) is 0.0429. The number of phenols is 1. The van der Waals surface area contributed by atoms with Crippen LogP contribution in [0.3, 0.4) is 0 Å². The van der Waals surface area contributed by atoms with Crippen molar-refractivity contribution in [3.05, 3.63) is 120 Å². The largest absolute Gasteiger partial charge is 0.508 e. The number of aliphatic hydroxyl groups excluding tert-OH is 2. The van der Waals surface area contributed by atoms with Gasteiger partial charge in [0.25, 0.3) is 0 Å². The smallest absolute Gasteiger partial charge is 0.192 e. The number of phenolic OH excluding ortho intramolecular Hbond substituents is 1. The number of anilines is 1. The Balaban J connectivity index is 1.08. The number of nitrogens with one attached hydrogen (secondary N) is 1. The lowest BCUT2D eigenvalue weighted by molar-refractivity contribution is -0.121. The van der Waals surface area contributed by atoms with Gasteiger partial charge in [-0.05, 0) is 126 Å². The Morgan fingerprint density at radius 2 is 1.69 bits per heavy atom. The lowest BCUT2D eigenvalue weighted by Crippen LogP contribution is -2.23. The number of Topliss-reactive ketones (excluding diaryl/α,β-unsaturated/α-hetero) is 1. The first kappa shape index (κ1) is 37.0. The fourth-order valence-corrected chi connectivity index (χ4v) is 6.60. The summed E-state index contributed by atoms with van der Waals surface area (Å²) in [5.74, 6) is 2.13. The van der Waals surface area contributed by atoms with E-state index in [1.807, 2.05) is 66.7 Å². The molecule has 4 aromatic carbocycles. The molecule has 6 N–H and O–H groups in total. The Morgan fingerprint density at radius 3 is 2.51 bits per heavy atom. The zero-order chi connectivity index (χ0) is 36.2. The molecular weight excluding hydrogens is 642 g/mol. The number of aliphatic hydroxyl groups is 2. The van der Waals surface area contributed by atoms with E-state index >= 15 is 0 Å². The number of benzene rings is 4. The number of carbonyl (C=O) groups is 1. The Kier molecular flexibility index (Phi) is 13.1. The van der Waals surface area contributed by atoms with Gasteiger partial charge in [-0.3, -0.25) is 9.79 Å². The molecule has 0 fully saturated rings. The third kappa shape index (κ3) is 11.1. The normalized spacial score (nSPS) is 16.5. The molecule has 9 heteroatoms. The van der Waals surface area contributed by atoms with Gasteiger partial charge in [-0.15, -0.1) is 0 Å². The van der Waals surface area contributed by atoms with Gasteiger partial charge in [0.15, 0.2) is 17.5 Å². The lowest BCUT2D eigenvalue weighted by atomic mass is 9.80. The first-order chi connectivity index (χ1) is 24.7. The molecule has 268 valence electrons. The van der Waals surface area contributed by atoms with Crippen molar-refractivity contribution >= 4 is 28.2 Å². The lowest BCUT2D eigenvalue weighted by Gasteiger charge is -2.27. The summed E-state index contributed by atoms with van der Waals surface area (Å²) in [6, 6.07) is 25.0. The Morgan fingerprint density at radius 1 is 0.902 bits per heavy atom. The highest BCUT2D eigenvalue weighted by atomic mass is 16.5. The summed E-state index contributed by atoms with van der Waals surface area (Å²) in [6.07, 6.45) is 9.91. The zero-order valence-electron chi connectivity index (χ0n) is 29.4. The molecule has 0 spiro atoms. The number of hydrogen-bond acceptors (Lipinski definition) is 7. The number of rotatable bonds is 17. The van der Waals surface area contributed by atoms with E-state index < -0.39 is 6.10 Å². The van der Waals surface area contributed by atoms with Crippen LogP contribution in [0.2, 0.25) is 0 Å². The number of guanidine groups is 1. The van der Waals surface area contributed by atoms with Crippen LogP contribution >= 0.6 is 0 Å². The second kappa shape index (κ2) is 18.1.